The third-order valence-electron chi connectivity index (χ3n) is 3.85. The highest BCUT2D eigenvalue weighted by molar-refractivity contribution is 7.92. The first-order valence-electron chi connectivity index (χ1n) is 7.81. The quantitative estimate of drug-likeness (QED) is 0.817. The van der Waals surface area contributed by atoms with Crippen molar-refractivity contribution in [2.75, 3.05) is 17.5 Å². The van der Waals surface area contributed by atoms with Gasteiger partial charge in [-0.3, -0.25) is 9.10 Å². The zero-order valence-corrected chi connectivity index (χ0v) is 15.2. The molecule has 25 heavy (non-hydrogen) atoms. The summed E-state index contributed by atoms with van der Waals surface area (Å²) in [6.45, 7) is 5.27. The van der Waals surface area contributed by atoms with E-state index in [4.69, 9.17) is 4.74 Å². The van der Waals surface area contributed by atoms with Gasteiger partial charge in [0.2, 0.25) is 0 Å². The highest BCUT2D eigenvalue weighted by Gasteiger charge is 2.28. The largest absolute Gasteiger partial charge is 0.494 e. The monoisotopic (exact) mass is 363 g/mol. The predicted octanol–water partition coefficient (Wildman–Crippen LogP) is 2.98. The van der Waals surface area contributed by atoms with Crippen LogP contribution in [0.5, 0.6) is 5.75 Å². The van der Waals surface area contributed by atoms with Gasteiger partial charge < -0.3 is 9.84 Å². The summed E-state index contributed by atoms with van der Waals surface area (Å²) >= 11 is 0. The first-order valence-corrected chi connectivity index (χ1v) is 9.25. The van der Waals surface area contributed by atoms with Gasteiger partial charge in [0, 0.05) is 0 Å². The summed E-state index contributed by atoms with van der Waals surface area (Å²) in [5.74, 6) is -0.673. The van der Waals surface area contributed by atoms with Crippen LogP contribution in [-0.2, 0) is 14.8 Å². The van der Waals surface area contributed by atoms with Crippen LogP contribution in [0.4, 0.5) is 5.69 Å². The van der Waals surface area contributed by atoms with Gasteiger partial charge in [0.1, 0.15) is 12.3 Å². The van der Waals surface area contributed by atoms with Gasteiger partial charge in [-0.1, -0.05) is 12.1 Å². The average molecular weight is 363 g/mol. The fourth-order valence-corrected chi connectivity index (χ4v) is 3.90. The molecule has 6 nitrogen and oxygen atoms in total. The lowest BCUT2D eigenvalue weighted by Gasteiger charge is -2.25. The van der Waals surface area contributed by atoms with Gasteiger partial charge >= 0.3 is 5.97 Å². The molecule has 2 aromatic carbocycles. The summed E-state index contributed by atoms with van der Waals surface area (Å²) in [5.41, 5.74) is 1.96. The maximum atomic E-state index is 13.0. The number of carbonyl (C=O) groups is 1. The third kappa shape index (κ3) is 4.11. The Morgan fingerprint density at radius 1 is 1.12 bits per heavy atom. The molecule has 0 saturated carbocycles. The Bertz CT molecular complexity index is 860. The minimum absolute atomic E-state index is 0.0121. The van der Waals surface area contributed by atoms with Crippen LogP contribution in [0.15, 0.2) is 47.4 Å². The zero-order valence-electron chi connectivity index (χ0n) is 14.4. The molecular formula is C18H21NO5S. The number of hydrogen-bond donors (Lipinski definition) is 1. The van der Waals surface area contributed by atoms with Crippen molar-refractivity contribution < 1.29 is 23.1 Å². The van der Waals surface area contributed by atoms with Crippen LogP contribution in [-0.4, -0.2) is 32.6 Å². The summed E-state index contributed by atoms with van der Waals surface area (Å²) < 4.78 is 32.3. The number of aliphatic carboxylic acids is 1. The molecule has 0 bridgehead atoms. The van der Waals surface area contributed by atoms with Gasteiger partial charge in [0.25, 0.3) is 10.0 Å². The van der Waals surface area contributed by atoms with Gasteiger partial charge in [-0.15, -0.1) is 0 Å². The molecule has 0 aromatic heterocycles. The topological polar surface area (TPSA) is 83.9 Å². The van der Waals surface area contributed by atoms with E-state index < -0.39 is 22.5 Å². The van der Waals surface area contributed by atoms with E-state index in [1.807, 2.05) is 19.9 Å². The number of hydrogen-bond acceptors (Lipinski definition) is 4. The van der Waals surface area contributed by atoms with Gasteiger partial charge in [-0.2, -0.15) is 0 Å². The van der Waals surface area contributed by atoms with E-state index >= 15 is 0 Å². The number of anilines is 1. The molecule has 0 aliphatic rings. The number of rotatable bonds is 7. The minimum atomic E-state index is -4.02. The Morgan fingerprint density at radius 2 is 1.76 bits per heavy atom. The van der Waals surface area contributed by atoms with E-state index in [1.54, 1.807) is 31.2 Å². The number of aryl methyl sites for hydroxylation is 1. The molecule has 0 fully saturated rings. The van der Waals surface area contributed by atoms with E-state index in [2.05, 4.69) is 0 Å². The van der Waals surface area contributed by atoms with Crippen molar-refractivity contribution >= 4 is 21.7 Å². The van der Waals surface area contributed by atoms with Crippen molar-refractivity contribution in [1.29, 1.82) is 0 Å². The lowest BCUT2D eigenvalue weighted by Crippen LogP contribution is -2.36. The number of sulfonamides is 1. The predicted molar refractivity (Wildman–Crippen MR) is 95.7 cm³/mol. The molecule has 0 radical (unpaired) electrons. The van der Waals surface area contributed by atoms with E-state index in [0.29, 0.717) is 18.0 Å². The molecule has 0 saturated heterocycles. The smallest absolute Gasteiger partial charge is 0.324 e. The number of carboxylic acid groups (broad SMARTS) is 1. The van der Waals surface area contributed by atoms with Crippen molar-refractivity contribution in [3.05, 3.63) is 53.6 Å². The Kier molecular flexibility index (Phi) is 5.69. The summed E-state index contributed by atoms with van der Waals surface area (Å²) in [6, 6.07) is 11.1. The maximum absolute atomic E-state index is 13.0. The Hall–Kier alpha value is -2.54. The van der Waals surface area contributed by atoms with E-state index in [1.165, 1.54) is 12.1 Å². The van der Waals surface area contributed by atoms with E-state index in [9.17, 15) is 18.3 Å². The van der Waals surface area contributed by atoms with Crippen LogP contribution in [0.2, 0.25) is 0 Å². The van der Waals surface area contributed by atoms with Crippen LogP contribution in [0.25, 0.3) is 0 Å². The van der Waals surface area contributed by atoms with E-state index in [0.717, 1.165) is 15.4 Å². The molecule has 0 aliphatic heterocycles. The minimum Gasteiger partial charge on any atom is -0.494 e. The highest BCUT2D eigenvalue weighted by Crippen LogP contribution is 2.29. The van der Waals surface area contributed by atoms with Crippen molar-refractivity contribution in [3.8, 4) is 5.75 Å². The van der Waals surface area contributed by atoms with Gasteiger partial charge in [0.05, 0.1) is 17.2 Å². The average Bonchev–Trinajstić information content (AvgIpc) is 2.56. The summed E-state index contributed by atoms with van der Waals surface area (Å²) in [4.78, 5) is 11.3. The van der Waals surface area contributed by atoms with Crippen molar-refractivity contribution in [3.63, 3.8) is 0 Å². The molecular weight excluding hydrogens is 342 g/mol. The highest BCUT2D eigenvalue weighted by atomic mass is 32.2. The van der Waals surface area contributed by atoms with Crippen LogP contribution in [0, 0.1) is 13.8 Å². The molecule has 134 valence electrons. The lowest BCUT2D eigenvalue weighted by atomic mass is 10.1. The molecule has 0 unspecified atom stereocenters. The van der Waals surface area contributed by atoms with Crippen molar-refractivity contribution in [2.45, 2.75) is 25.7 Å². The fraction of sp³-hybridized carbons (Fsp3) is 0.278. The van der Waals surface area contributed by atoms with Gasteiger partial charge in [0.15, 0.2) is 0 Å². The summed E-state index contributed by atoms with van der Waals surface area (Å²) in [6.07, 6.45) is 0. The van der Waals surface area contributed by atoms with Crippen molar-refractivity contribution in [1.82, 2.24) is 0 Å². The fourth-order valence-electron chi connectivity index (χ4n) is 2.43. The number of benzene rings is 2. The molecule has 2 rings (SSSR count). The Labute approximate surface area is 147 Å². The summed E-state index contributed by atoms with van der Waals surface area (Å²) in [5, 5.41) is 9.20. The summed E-state index contributed by atoms with van der Waals surface area (Å²) in [7, 11) is -4.02. The standard InChI is InChI=1S/C18H21NO5S/c1-4-24-15-8-10-16(11-9-15)25(22,23)19(12-18(20)21)17-7-5-6-13(2)14(17)3/h5-11H,4,12H2,1-3H3,(H,20,21). The van der Waals surface area contributed by atoms with Crippen LogP contribution < -0.4 is 9.04 Å². The second-order valence-corrected chi connectivity index (χ2v) is 7.39. The second-order valence-electron chi connectivity index (χ2n) is 5.53. The molecule has 1 N–H and O–H groups in total. The maximum Gasteiger partial charge on any atom is 0.324 e. The molecule has 0 aliphatic carbocycles. The van der Waals surface area contributed by atoms with Crippen LogP contribution in [0.3, 0.4) is 0 Å². The molecule has 0 heterocycles. The molecule has 0 atom stereocenters. The normalized spacial score (nSPS) is 11.2. The molecule has 0 amide bonds. The Balaban J connectivity index is 2.52. The molecule has 7 heteroatoms. The Morgan fingerprint density at radius 3 is 2.32 bits per heavy atom. The SMILES string of the molecule is CCOc1ccc(S(=O)(=O)N(CC(=O)O)c2cccc(C)c2C)cc1. The van der Waals surface area contributed by atoms with Gasteiger partial charge in [-0.25, -0.2) is 8.42 Å². The van der Waals surface area contributed by atoms with Crippen LogP contribution >= 0.6 is 0 Å². The third-order valence-corrected chi connectivity index (χ3v) is 5.62. The van der Waals surface area contributed by atoms with Gasteiger partial charge in [-0.05, 0) is 62.2 Å². The number of nitrogens with zero attached hydrogens (tertiary/aromatic N) is 1. The van der Waals surface area contributed by atoms with Crippen molar-refractivity contribution in [2.24, 2.45) is 0 Å². The zero-order chi connectivity index (χ0) is 18.6. The second kappa shape index (κ2) is 7.57. The first kappa shape index (κ1) is 18.8. The lowest BCUT2D eigenvalue weighted by molar-refractivity contribution is -0.135. The van der Waals surface area contributed by atoms with E-state index in [-0.39, 0.29) is 4.90 Å². The number of ether oxygens (including phenoxy) is 1. The first-order chi connectivity index (χ1) is 11.8. The molecule has 0 spiro atoms. The number of carboxylic acids is 1. The van der Waals surface area contributed by atoms with Crippen LogP contribution in [0.1, 0.15) is 18.1 Å². The molecule has 2 aromatic rings.